The second-order valence-corrected chi connectivity index (χ2v) is 11.0. The summed E-state index contributed by atoms with van der Waals surface area (Å²) in [7, 11) is 3.48. The zero-order chi connectivity index (χ0) is 27.8. The topological polar surface area (TPSA) is 89.0 Å². The third-order valence-electron chi connectivity index (χ3n) is 8.68. The van der Waals surface area contributed by atoms with Crippen LogP contribution in [0.1, 0.15) is 61.8 Å². The number of rotatable bonds is 6. The molecule has 0 amide bonds. The van der Waals surface area contributed by atoms with Crippen molar-refractivity contribution in [2.45, 2.75) is 64.0 Å². The van der Waals surface area contributed by atoms with E-state index in [0.717, 1.165) is 56.3 Å². The van der Waals surface area contributed by atoms with Crippen molar-refractivity contribution < 1.29 is 8.78 Å². The fraction of sp³-hybridized carbons (Fsp3) is 0.467. The van der Waals surface area contributed by atoms with Crippen LogP contribution in [0.5, 0.6) is 0 Å². The lowest BCUT2D eigenvalue weighted by molar-refractivity contribution is 0.290. The summed E-state index contributed by atoms with van der Waals surface area (Å²) in [5.41, 5.74) is 2.81. The first-order valence-corrected chi connectivity index (χ1v) is 13.5. The molecule has 2 aliphatic carbocycles. The van der Waals surface area contributed by atoms with Crippen LogP contribution in [-0.2, 0) is 7.05 Å². The van der Waals surface area contributed by atoms with Gasteiger partial charge in [0.25, 0.3) is 5.56 Å². The van der Waals surface area contributed by atoms with Crippen LogP contribution in [0.4, 0.5) is 20.2 Å². The average Bonchev–Trinajstić information content (AvgIpc) is 2.92. The van der Waals surface area contributed by atoms with Gasteiger partial charge in [-0.3, -0.25) is 4.79 Å². The maximum atomic E-state index is 14.3. The highest BCUT2D eigenvalue weighted by Crippen LogP contribution is 2.38. The third-order valence-corrected chi connectivity index (χ3v) is 8.68. The van der Waals surface area contributed by atoms with Crippen molar-refractivity contribution in [1.29, 1.82) is 10.5 Å². The van der Waals surface area contributed by atoms with Crippen LogP contribution in [0.15, 0.2) is 29.1 Å². The molecule has 2 aromatic heterocycles. The number of halogens is 2. The minimum absolute atomic E-state index is 0.0150. The fourth-order valence-corrected chi connectivity index (χ4v) is 6.18. The smallest absolute Gasteiger partial charge is 0.270 e. The van der Waals surface area contributed by atoms with Crippen LogP contribution in [0, 0.1) is 47.1 Å². The van der Waals surface area contributed by atoms with Gasteiger partial charge in [0.15, 0.2) is 11.6 Å². The van der Waals surface area contributed by atoms with Crippen LogP contribution in [0.2, 0.25) is 0 Å². The maximum absolute atomic E-state index is 14.3. The standard InChI is InChI=1S/C30H32F2N6O/c1-18-13-24(31)25(32)14-27(18)38(17-19-5-4-6-19)22-10-8-21(9-11-22)36(2)29-23(16-34)30(39)37(3)26-12-7-20(15-33)35-28(26)29/h7,12-14,19,21-22H,4-6,8-11,17H2,1-3H3. The number of benzene rings is 1. The molecule has 2 aliphatic rings. The molecule has 5 rings (SSSR count). The monoisotopic (exact) mass is 530 g/mol. The zero-order valence-corrected chi connectivity index (χ0v) is 22.5. The fourth-order valence-electron chi connectivity index (χ4n) is 6.18. The Morgan fingerprint density at radius 1 is 1.03 bits per heavy atom. The number of nitriles is 2. The van der Waals surface area contributed by atoms with Gasteiger partial charge in [-0.15, -0.1) is 0 Å². The number of hydrogen-bond donors (Lipinski definition) is 0. The SMILES string of the molecule is Cc1cc(F)c(F)cc1N(CC1CCC1)C1CCC(N(C)c2c(C#N)c(=O)n(C)c3ccc(C#N)nc23)CC1. The highest BCUT2D eigenvalue weighted by molar-refractivity contribution is 5.92. The van der Waals surface area contributed by atoms with E-state index in [9.17, 15) is 24.1 Å². The van der Waals surface area contributed by atoms with E-state index in [0.29, 0.717) is 22.6 Å². The van der Waals surface area contributed by atoms with E-state index in [-0.39, 0.29) is 23.3 Å². The zero-order valence-electron chi connectivity index (χ0n) is 22.5. The van der Waals surface area contributed by atoms with Gasteiger partial charge in [0, 0.05) is 44.5 Å². The Morgan fingerprint density at radius 2 is 1.69 bits per heavy atom. The quantitative estimate of drug-likeness (QED) is 0.429. The number of hydrogen-bond acceptors (Lipinski definition) is 6. The molecule has 2 heterocycles. The Balaban J connectivity index is 1.44. The van der Waals surface area contributed by atoms with Crippen LogP contribution in [-0.4, -0.2) is 35.2 Å². The van der Waals surface area contributed by atoms with Gasteiger partial charge < -0.3 is 14.4 Å². The van der Waals surface area contributed by atoms with Crippen LogP contribution >= 0.6 is 0 Å². The van der Waals surface area contributed by atoms with Gasteiger partial charge in [-0.1, -0.05) is 6.42 Å². The molecule has 0 bridgehead atoms. The lowest BCUT2D eigenvalue weighted by atomic mass is 9.83. The van der Waals surface area contributed by atoms with Crippen molar-refractivity contribution in [3.05, 3.63) is 63.1 Å². The lowest BCUT2D eigenvalue weighted by Crippen LogP contribution is -2.46. The molecular formula is C30H32F2N6O. The summed E-state index contributed by atoms with van der Waals surface area (Å²) in [4.78, 5) is 21.8. The third kappa shape index (κ3) is 4.83. The number of pyridine rings is 2. The van der Waals surface area contributed by atoms with Gasteiger partial charge in [-0.2, -0.15) is 10.5 Å². The van der Waals surface area contributed by atoms with E-state index in [4.69, 9.17) is 0 Å². The minimum atomic E-state index is -0.826. The van der Waals surface area contributed by atoms with Crippen molar-refractivity contribution in [2.24, 2.45) is 13.0 Å². The molecule has 0 N–H and O–H groups in total. The molecule has 9 heteroatoms. The molecule has 0 spiro atoms. The molecule has 0 atom stereocenters. The summed E-state index contributed by atoms with van der Waals surface area (Å²) in [6.45, 7) is 2.66. The summed E-state index contributed by atoms with van der Waals surface area (Å²) in [5, 5.41) is 19.4. The predicted octanol–water partition coefficient (Wildman–Crippen LogP) is 5.32. The van der Waals surface area contributed by atoms with Gasteiger partial charge in [0.1, 0.15) is 28.9 Å². The number of aryl methyl sites for hydroxylation is 2. The normalized spacial score (nSPS) is 19.3. The summed E-state index contributed by atoms with van der Waals surface area (Å²) >= 11 is 0. The predicted molar refractivity (Wildman–Crippen MR) is 147 cm³/mol. The first-order chi connectivity index (χ1) is 18.7. The van der Waals surface area contributed by atoms with Crippen LogP contribution in [0.3, 0.4) is 0 Å². The van der Waals surface area contributed by atoms with E-state index in [1.807, 2.05) is 18.9 Å². The number of nitrogens with zero attached hydrogens (tertiary/aromatic N) is 6. The molecule has 0 saturated heterocycles. The van der Waals surface area contributed by atoms with Crippen molar-refractivity contribution in [3.8, 4) is 12.1 Å². The van der Waals surface area contributed by atoms with E-state index >= 15 is 0 Å². The Kier molecular flexibility index (Phi) is 7.27. The lowest BCUT2D eigenvalue weighted by Gasteiger charge is -2.44. The van der Waals surface area contributed by atoms with Gasteiger partial charge in [0.2, 0.25) is 0 Å². The number of aromatic nitrogens is 2. The highest BCUT2D eigenvalue weighted by atomic mass is 19.2. The number of anilines is 2. The Morgan fingerprint density at radius 3 is 2.31 bits per heavy atom. The van der Waals surface area contributed by atoms with Crippen LogP contribution in [0.25, 0.3) is 11.0 Å². The molecule has 39 heavy (non-hydrogen) atoms. The minimum Gasteiger partial charge on any atom is -0.369 e. The Hall–Kier alpha value is -3.98. The first-order valence-electron chi connectivity index (χ1n) is 13.5. The van der Waals surface area contributed by atoms with Crippen molar-refractivity contribution in [2.75, 3.05) is 23.4 Å². The molecule has 3 aromatic rings. The van der Waals surface area contributed by atoms with Crippen LogP contribution < -0.4 is 15.4 Å². The van der Waals surface area contributed by atoms with Crippen molar-refractivity contribution >= 4 is 22.4 Å². The largest absolute Gasteiger partial charge is 0.369 e. The molecule has 2 saturated carbocycles. The molecule has 202 valence electrons. The van der Waals surface area contributed by atoms with E-state index in [1.165, 1.54) is 23.1 Å². The summed E-state index contributed by atoms with van der Waals surface area (Å²) in [5.74, 6) is -1.09. The van der Waals surface area contributed by atoms with Gasteiger partial charge in [0.05, 0.1) is 11.2 Å². The summed E-state index contributed by atoms with van der Waals surface area (Å²) < 4.78 is 29.6. The second-order valence-electron chi connectivity index (χ2n) is 11.0. The average molecular weight is 531 g/mol. The molecule has 1 aromatic carbocycles. The molecular weight excluding hydrogens is 498 g/mol. The van der Waals surface area contributed by atoms with Crippen molar-refractivity contribution in [3.63, 3.8) is 0 Å². The first kappa shape index (κ1) is 26.6. The van der Waals surface area contributed by atoms with E-state index in [1.54, 1.807) is 19.2 Å². The van der Waals surface area contributed by atoms with Gasteiger partial charge >= 0.3 is 0 Å². The number of fused-ring (bicyclic) bond motifs is 1. The molecule has 2 fully saturated rings. The van der Waals surface area contributed by atoms with Gasteiger partial charge in [-0.25, -0.2) is 13.8 Å². The summed E-state index contributed by atoms with van der Waals surface area (Å²) in [6.07, 6.45) is 6.78. The van der Waals surface area contributed by atoms with E-state index < -0.39 is 17.2 Å². The molecule has 0 unspecified atom stereocenters. The van der Waals surface area contributed by atoms with E-state index in [2.05, 4.69) is 22.0 Å². The summed E-state index contributed by atoms with van der Waals surface area (Å²) in [6, 6.07) is 10.2. The molecule has 0 radical (unpaired) electrons. The Labute approximate surface area is 226 Å². The van der Waals surface area contributed by atoms with Gasteiger partial charge in [-0.05, 0) is 75.1 Å². The highest BCUT2D eigenvalue weighted by Gasteiger charge is 2.33. The maximum Gasteiger partial charge on any atom is 0.270 e. The molecule has 0 aliphatic heterocycles. The second kappa shape index (κ2) is 10.6. The Bertz CT molecular complexity index is 1560. The molecule has 7 nitrogen and oxygen atoms in total. The van der Waals surface area contributed by atoms with Crippen molar-refractivity contribution in [1.82, 2.24) is 9.55 Å².